The highest BCUT2D eigenvalue weighted by atomic mass is 16.2. The first-order valence-electron chi connectivity index (χ1n) is 7.70. The van der Waals surface area contributed by atoms with Crippen molar-refractivity contribution in [3.05, 3.63) is 0 Å². The van der Waals surface area contributed by atoms with Gasteiger partial charge in [-0.1, -0.05) is 12.8 Å². The molecule has 1 aliphatic heterocycles. The number of carbonyl (C=O) groups excluding carboxylic acids is 1. The van der Waals surface area contributed by atoms with Crippen LogP contribution in [0.1, 0.15) is 51.4 Å². The third-order valence-electron chi connectivity index (χ3n) is 4.66. The lowest BCUT2D eigenvalue weighted by molar-refractivity contribution is -0.130. The predicted octanol–water partition coefficient (Wildman–Crippen LogP) is 2.41. The number of piperidine rings is 1. The zero-order valence-electron chi connectivity index (χ0n) is 11.8. The molecule has 3 nitrogen and oxygen atoms in total. The Morgan fingerprint density at radius 1 is 1.11 bits per heavy atom. The molecule has 0 radical (unpaired) electrons. The Morgan fingerprint density at radius 3 is 2.44 bits per heavy atom. The van der Waals surface area contributed by atoms with Crippen molar-refractivity contribution in [2.75, 3.05) is 26.7 Å². The van der Waals surface area contributed by atoms with Gasteiger partial charge in [0.25, 0.3) is 0 Å². The van der Waals surface area contributed by atoms with E-state index < -0.39 is 0 Å². The van der Waals surface area contributed by atoms with Gasteiger partial charge in [-0.05, 0) is 57.0 Å². The summed E-state index contributed by atoms with van der Waals surface area (Å²) in [7, 11) is 1.99. The summed E-state index contributed by atoms with van der Waals surface area (Å²) in [6.07, 6.45) is 9.73. The van der Waals surface area contributed by atoms with Gasteiger partial charge < -0.3 is 10.2 Å². The maximum atomic E-state index is 12.1. The van der Waals surface area contributed by atoms with Gasteiger partial charge in [-0.15, -0.1) is 0 Å². The SMILES string of the molecule is CN(CC1CCCC1)C(=O)CCC1CCNCC1. The van der Waals surface area contributed by atoms with Crippen LogP contribution in [0.25, 0.3) is 0 Å². The Kier molecular flexibility index (Phi) is 5.48. The van der Waals surface area contributed by atoms with Crippen molar-refractivity contribution in [3.63, 3.8) is 0 Å². The summed E-state index contributed by atoms with van der Waals surface area (Å²) in [5, 5.41) is 3.38. The third-order valence-corrected chi connectivity index (χ3v) is 4.66. The van der Waals surface area contributed by atoms with Crippen molar-refractivity contribution < 1.29 is 4.79 Å². The molecule has 1 saturated carbocycles. The van der Waals surface area contributed by atoms with Crippen molar-refractivity contribution in [1.29, 1.82) is 0 Å². The van der Waals surface area contributed by atoms with Gasteiger partial charge in [-0.25, -0.2) is 0 Å². The molecule has 0 bridgehead atoms. The highest BCUT2D eigenvalue weighted by Crippen LogP contribution is 2.25. The van der Waals surface area contributed by atoms with Gasteiger partial charge in [0.2, 0.25) is 5.91 Å². The Morgan fingerprint density at radius 2 is 1.78 bits per heavy atom. The first-order valence-corrected chi connectivity index (χ1v) is 7.70. The molecular formula is C15H28N2O. The van der Waals surface area contributed by atoms with Crippen LogP contribution in [0.15, 0.2) is 0 Å². The maximum Gasteiger partial charge on any atom is 0.222 e. The van der Waals surface area contributed by atoms with E-state index in [2.05, 4.69) is 5.32 Å². The zero-order chi connectivity index (χ0) is 12.8. The van der Waals surface area contributed by atoms with Crippen molar-refractivity contribution in [1.82, 2.24) is 10.2 Å². The first-order chi connectivity index (χ1) is 8.75. The van der Waals surface area contributed by atoms with Gasteiger partial charge in [0.1, 0.15) is 0 Å². The monoisotopic (exact) mass is 252 g/mol. The van der Waals surface area contributed by atoms with Gasteiger partial charge in [0.05, 0.1) is 0 Å². The molecule has 3 heteroatoms. The van der Waals surface area contributed by atoms with Gasteiger partial charge in [0.15, 0.2) is 0 Å². The van der Waals surface area contributed by atoms with E-state index in [4.69, 9.17) is 0 Å². The number of nitrogens with zero attached hydrogens (tertiary/aromatic N) is 1. The zero-order valence-corrected chi connectivity index (χ0v) is 11.8. The molecule has 2 aliphatic rings. The Hall–Kier alpha value is -0.570. The van der Waals surface area contributed by atoms with Crippen LogP contribution < -0.4 is 5.32 Å². The van der Waals surface area contributed by atoms with Crippen LogP contribution in [0, 0.1) is 11.8 Å². The van der Waals surface area contributed by atoms with E-state index in [0.29, 0.717) is 5.91 Å². The average molecular weight is 252 g/mol. The molecule has 18 heavy (non-hydrogen) atoms. The number of hydrogen-bond acceptors (Lipinski definition) is 2. The van der Waals surface area contributed by atoms with Crippen molar-refractivity contribution in [3.8, 4) is 0 Å². The summed E-state index contributed by atoms with van der Waals surface area (Å²) < 4.78 is 0. The fraction of sp³-hybridized carbons (Fsp3) is 0.933. The normalized spacial score (nSPS) is 22.3. The average Bonchev–Trinajstić information content (AvgIpc) is 2.90. The Balaban J connectivity index is 1.63. The van der Waals surface area contributed by atoms with E-state index in [9.17, 15) is 4.79 Å². The number of amides is 1. The Labute approximate surface area is 111 Å². The van der Waals surface area contributed by atoms with Gasteiger partial charge >= 0.3 is 0 Å². The summed E-state index contributed by atoms with van der Waals surface area (Å²) >= 11 is 0. The third kappa shape index (κ3) is 4.27. The van der Waals surface area contributed by atoms with Gasteiger partial charge in [0, 0.05) is 20.0 Å². The second-order valence-electron chi connectivity index (χ2n) is 6.16. The van der Waals surface area contributed by atoms with E-state index in [1.807, 2.05) is 11.9 Å². The van der Waals surface area contributed by atoms with Crippen molar-refractivity contribution >= 4 is 5.91 Å². The summed E-state index contributed by atoms with van der Waals surface area (Å²) in [4.78, 5) is 14.1. The molecule has 104 valence electrons. The molecule has 0 aromatic carbocycles. The largest absolute Gasteiger partial charge is 0.345 e. The fourth-order valence-corrected chi connectivity index (χ4v) is 3.37. The van der Waals surface area contributed by atoms with Crippen molar-refractivity contribution in [2.24, 2.45) is 11.8 Å². The molecule has 2 rings (SSSR count). The van der Waals surface area contributed by atoms with Crippen molar-refractivity contribution in [2.45, 2.75) is 51.4 Å². The minimum absolute atomic E-state index is 0.362. The summed E-state index contributed by atoms with van der Waals surface area (Å²) in [5.41, 5.74) is 0. The first kappa shape index (κ1) is 13.9. The number of rotatable bonds is 5. The van der Waals surface area contributed by atoms with Gasteiger partial charge in [-0.3, -0.25) is 4.79 Å². The van der Waals surface area contributed by atoms with E-state index >= 15 is 0 Å². The fourth-order valence-electron chi connectivity index (χ4n) is 3.37. The van der Waals surface area contributed by atoms with E-state index in [-0.39, 0.29) is 0 Å². The molecule has 0 unspecified atom stereocenters. The van der Waals surface area contributed by atoms with Crippen LogP contribution in [-0.4, -0.2) is 37.5 Å². The van der Waals surface area contributed by atoms with Crippen LogP contribution in [-0.2, 0) is 4.79 Å². The van der Waals surface area contributed by atoms with Gasteiger partial charge in [-0.2, -0.15) is 0 Å². The minimum Gasteiger partial charge on any atom is -0.345 e. The maximum absolute atomic E-state index is 12.1. The second-order valence-corrected chi connectivity index (χ2v) is 6.16. The summed E-state index contributed by atoms with van der Waals surface area (Å²) in [6, 6.07) is 0. The standard InChI is InChI=1S/C15H28N2O/c1-17(12-14-4-2-3-5-14)15(18)7-6-13-8-10-16-11-9-13/h13-14,16H,2-12H2,1H3. The lowest BCUT2D eigenvalue weighted by atomic mass is 9.93. The van der Waals surface area contributed by atoms with E-state index in [0.717, 1.165) is 44.3 Å². The molecule has 1 saturated heterocycles. The van der Waals surface area contributed by atoms with Crippen LogP contribution in [0.2, 0.25) is 0 Å². The van der Waals surface area contributed by atoms with E-state index in [1.165, 1.54) is 38.5 Å². The topological polar surface area (TPSA) is 32.3 Å². The van der Waals surface area contributed by atoms with Crippen LogP contribution in [0.3, 0.4) is 0 Å². The number of nitrogens with one attached hydrogen (secondary N) is 1. The molecular weight excluding hydrogens is 224 g/mol. The molecule has 1 N–H and O–H groups in total. The quantitative estimate of drug-likeness (QED) is 0.815. The Bertz CT molecular complexity index is 255. The van der Waals surface area contributed by atoms with Crippen LogP contribution in [0.4, 0.5) is 0 Å². The van der Waals surface area contributed by atoms with E-state index in [1.54, 1.807) is 0 Å². The molecule has 0 aromatic rings. The highest BCUT2D eigenvalue weighted by molar-refractivity contribution is 5.75. The lowest BCUT2D eigenvalue weighted by Crippen LogP contribution is -2.32. The molecule has 2 fully saturated rings. The molecule has 0 atom stereocenters. The molecule has 1 aliphatic carbocycles. The second kappa shape index (κ2) is 7.13. The predicted molar refractivity (Wildman–Crippen MR) is 74.4 cm³/mol. The minimum atomic E-state index is 0.362. The molecule has 1 heterocycles. The summed E-state index contributed by atoms with van der Waals surface area (Å²) in [6.45, 7) is 3.26. The van der Waals surface area contributed by atoms with Crippen LogP contribution >= 0.6 is 0 Å². The number of hydrogen-bond donors (Lipinski definition) is 1. The van der Waals surface area contributed by atoms with Crippen LogP contribution in [0.5, 0.6) is 0 Å². The lowest BCUT2D eigenvalue weighted by Gasteiger charge is -2.25. The number of carbonyl (C=O) groups is 1. The highest BCUT2D eigenvalue weighted by Gasteiger charge is 2.20. The molecule has 0 spiro atoms. The smallest absolute Gasteiger partial charge is 0.222 e. The molecule has 1 amide bonds. The molecule has 0 aromatic heterocycles. The summed E-state index contributed by atoms with van der Waals surface area (Å²) in [5.74, 6) is 1.91.